The van der Waals surface area contributed by atoms with Gasteiger partial charge in [-0.25, -0.2) is 0 Å². The molecule has 6 nitrogen and oxygen atoms in total. The molecule has 0 fully saturated rings. The highest BCUT2D eigenvalue weighted by Gasteiger charge is 2.19. The highest BCUT2D eigenvalue weighted by molar-refractivity contribution is 5.71. The normalized spacial score (nSPS) is 13.0. The summed E-state index contributed by atoms with van der Waals surface area (Å²) in [6.45, 7) is 6.49. The van der Waals surface area contributed by atoms with E-state index in [2.05, 4.69) is 154 Å². The fraction of sp³-hybridized carbons (Fsp3) is 0.667. The van der Waals surface area contributed by atoms with E-state index in [0.29, 0.717) is 19.3 Å². The van der Waals surface area contributed by atoms with Crippen LogP contribution in [0.25, 0.3) is 0 Å². The van der Waals surface area contributed by atoms with Gasteiger partial charge in [-0.05, 0) is 141 Å². The summed E-state index contributed by atoms with van der Waals surface area (Å²) in [4.78, 5) is 38.4. The number of allylic oxidation sites excluding steroid dienone is 22. The molecule has 1 atom stereocenters. The number of hydrogen-bond acceptors (Lipinski definition) is 6. The molecular formula is C75H124O6. The van der Waals surface area contributed by atoms with Crippen LogP contribution in [0.3, 0.4) is 0 Å². The number of carbonyl (C=O) groups excluding carboxylic acids is 3. The second-order valence-corrected chi connectivity index (χ2v) is 22.0. The molecule has 0 N–H and O–H groups in total. The summed E-state index contributed by atoms with van der Waals surface area (Å²) in [5.74, 6) is -0.927. The fourth-order valence-corrected chi connectivity index (χ4v) is 9.07. The summed E-state index contributed by atoms with van der Waals surface area (Å²) < 4.78 is 16.9. The van der Waals surface area contributed by atoms with Crippen LogP contribution in [0.15, 0.2) is 134 Å². The van der Waals surface area contributed by atoms with Crippen LogP contribution in [0.1, 0.15) is 303 Å². The van der Waals surface area contributed by atoms with E-state index in [1.54, 1.807) is 0 Å². The third kappa shape index (κ3) is 66.2. The molecule has 0 saturated heterocycles. The van der Waals surface area contributed by atoms with Crippen molar-refractivity contribution in [1.82, 2.24) is 0 Å². The van der Waals surface area contributed by atoms with Crippen LogP contribution >= 0.6 is 0 Å². The average Bonchev–Trinajstić information content (AvgIpc) is 3.47. The Kier molecular flexibility index (Phi) is 64.3. The van der Waals surface area contributed by atoms with Crippen molar-refractivity contribution in [3.05, 3.63) is 134 Å². The number of ether oxygens (including phenoxy) is 3. The van der Waals surface area contributed by atoms with Gasteiger partial charge >= 0.3 is 17.9 Å². The average molecular weight is 1120 g/mol. The highest BCUT2D eigenvalue weighted by atomic mass is 16.6. The van der Waals surface area contributed by atoms with Gasteiger partial charge in [-0.15, -0.1) is 0 Å². The first-order chi connectivity index (χ1) is 40.0. The minimum Gasteiger partial charge on any atom is -0.462 e. The third-order valence-corrected chi connectivity index (χ3v) is 14.1. The molecular weight excluding hydrogens is 997 g/mol. The van der Waals surface area contributed by atoms with Crippen molar-refractivity contribution in [2.75, 3.05) is 13.2 Å². The van der Waals surface area contributed by atoms with Gasteiger partial charge in [-0.3, -0.25) is 14.4 Å². The summed E-state index contributed by atoms with van der Waals surface area (Å²) in [7, 11) is 0. The van der Waals surface area contributed by atoms with Crippen molar-refractivity contribution in [1.29, 1.82) is 0 Å². The molecule has 1 unspecified atom stereocenters. The predicted molar refractivity (Wildman–Crippen MR) is 353 cm³/mol. The molecule has 0 heterocycles. The number of rotatable bonds is 60. The van der Waals surface area contributed by atoms with Crippen molar-refractivity contribution < 1.29 is 28.6 Å². The molecule has 0 rings (SSSR count). The molecule has 0 aliphatic rings. The number of carbonyl (C=O) groups is 3. The molecule has 0 saturated carbocycles. The van der Waals surface area contributed by atoms with E-state index in [9.17, 15) is 14.4 Å². The molecule has 0 aromatic carbocycles. The van der Waals surface area contributed by atoms with E-state index in [0.717, 1.165) is 154 Å². The maximum atomic E-state index is 12.9. The van der Waals surface area contributed by atoms with Crippen LogP contribution in [0.4, 0.5) is 0 Å². The minimum atomic E-state index is -0.801. The van der Waals surface area contributed by atoms with Gasteiger partial charge in [0.25, 0.3) is 0 Å². The molecule has 0 radical (unpaired) electrons. The van der Waals surface area contributed by atoms with Crippen molar-refractivity contribution in [3.63, 3.8) is 0 Å². The Balaban J connectivity index is 4.38. The monoisotopic (exact) mass is 1120 g/mol. The predicted octanol–water partition coefficient (Wildman–Crippen LogP) is 23.3. The zero-order valence-corrected chi connectivity index (χ0v) is 52.8. The summed E-state index contributed by atoms with van der Waals surface area (Å²) in [6, 6.07) is 0. The minimum absolute atomic E-state index is 0.0950. The molecule has 6 heteroatoms. The summed E-state index contributed by atoms with van der Waals surface area (Å²) >= 11 is 0. The largest absolute Gasteiger partial charge is 0.462 e. The van der Waals surface area contributed by atoms with Crippen LogP contribution in [0.5, 0.6) is 0 Å². The van der Waals surface area contributed by atoms with Crippen molar-refractivity contribution >= 4 is 17.9 Å². The van der Waals surface area contributed by atoms with Gasteiger partial charge in [0.05, 0.1) is 0 Å². The maximum Gasteiger partial charge on any atom is 0.306 e. The molecule has 0 bridgehead atoms. The van der Waals surface area contributed by atoms with E-state index in [-0.39, 0.29) is 31.1 Å². The standard InChI is InChI=1S/C75H124O6/c1-4-7-10-13-16-19-22-25-28-31-32-33-34-35-36-37-38-39-40-41-42-43-44-45-48-50-53-56-59-62-65-68-74(77)80-71-72(81-75(78)69-66-63-60-57-54-51-47-30-27-24-21-18-15-12-9-6-3)70-79-73(76)67-64-61-58-55-52-49-46-29-26-23-20-17-14-11-8-5-2/h7,10,16,19,21,24-25,28-30,32-33,35-36,38-39,41-42,44-47,72H,4-6,8-9,11-15,17-18,20,22-23,26-27,31,34,37,40,43,48-71H2,1-3H3/b10-7-,19-16-,24-21-,28-25-,33-32-,36-35-,39-38-,42-41-,45-44-,46-29-,47-30-. The topological polar surface area (TPSA) is 78.9 Å². The Morgan fingerprint density at radius 1 is 0.259 bits per heavy atom. The van der Waals surface area contributed by atoms with Crippen molar-refractivity contribution in [2.45, 2.75) is 309 Å². The van der Waals surface area contributed by atoms with Crippen molar-refractivity contribution in [3.8, 4) is 0 Å². The van der Waals surface area contributed by atoms with Crippen LogP contribution in [-0.2, 0) is 28.6 Å². The Labute approximate surface area is 500 Å². The van der Waals surface area contributed by atoms with Gasteiger partial charge in [0, 0.05) is 19.3 Å². The lowest BCUT2D eigenvalue weighted by atomic mass is 10.1. The molecule has 0 spiro atoms. The fourth-order valence-electron chi connectivity index (χ4n) is 9.07. The van der Waals surface area contributed by atoms with E-state index in [1.807, 2.05) is 0 Å². The lowest BCUT2D eigenvalue weighted by molar-refractivity contribution is -0.167. The molecule has 81 heavy (non-hydrogen) atoms. The van der Waals surface area contributed by atoms with Gasteiger partial charge in [-0.2, -0.15) is 0 Å². The summed E-state index contributed by atoms with van der Waals surface area (Å²) in [5, 5.41) is 0. The third-order valence-electron chi connectivity index (χ3n) is 14.1. The molecule has 460 valence electrons. The lowest BCUT2D eigenvalue weighted by Gasteiger charge is -2.18. The quantitative estimate of drug-likeness (QED) is 0.0261. The van der Waals surface area contributed by atoms with Crippen LogP contribution in [0, 0.1) is 0 Å². The van der Waals surface area contributed by atoms with Gasteiger partial charge in [-0.1, -0.05) is 276 Å². The lowest BCUT2D eigenvalue weighted by Crippen LogP contribution is -2.30. The number of hydrogen-bond donors (Lipinski definition) is 0. The second-order valence-electron chi connectivity index (χ2n) is 22.0. The number of esters is 3. The Morgan fingerprint density at radius 2 is 0.481 bits per heavy atom. The van der Waals surface area contributed by atoms with Crippen LogP contribution in [0.2, 0.25) is 0 Å². The Morgan fingerprint density at radius 3 is 0.778 bits per heavy atom. The van der Waals surface area contributed by atoms with Crippen LogP contribution < -0.4 is 0 Å². The highest BCUT2D eigenvalue weighted by Crippen LogP contribution is 2.15. The molecule has 0 aliphatic carbocycles. The first-order valence-electron chi connectivity index (χ1n) is 33.7. The Bertz CT molecular complexity index is 1720. The van der Waals surface area contributed by atoms with Gasteiger partial charge in [0.2, 0.25) is 0 Å². The van der Waals surface area contributed by atoms with E-state index >= 15 is 0 Å². The molecule has 0 amide bonds. The second kappa shape index (κ2) is 68.1. The molecule has 0 aliphatic heterocycles. The summed E-state index contributed by atoms with van der Waals surface area (Å²) in [5.41, 5.74) is 0. The Hall–Kier alpha value is -4.45. The van der Waals surface area contributed by atoms with Gasteiger partial charge in [0.15, 0.2) is 6.10 Å². The zero-order valence-electron chi connectivity index (χ0n) is 52.8. The smallest absolute Gasteiger partial charge is 0.306 e. The van der Waals surface area contributed by atoms with Gasteiger partial charge in [0.1, 0.15) is 13.2 Å². The molecule has 0 aromatic heterocycles. The van der Waals surface area contributed by atoms with Crippen molar-refractivity contribution in [2.24, 2.45) is 0 Å². The van der Waals surface area contributed by atoms with E-state index in [4.69, 9.17) is 14.2 Å². The summed E-state index contributed by atoms with van der Waals surface area (Å²) in [6.07, 6.45) is 96.0. The molecule has 0 aromatic rings. The maximum absolute atomic E-state index is 12.9. The first kappa shape index (κ1) is 76.5. The van der Waals surface area contributed by atoms with E-state index < -0.39 is 6.10 Å². The van der Waals surface area contributed by atoms with Crippen LogP contribution in [-0.4, -0.2) is 37.2 Å². The SMILES string of the molecule is CC/C=C\C/C=C\C/C=C\C/C=C\C/C=C\C/C=C\C/C=C\C/C=C\CCCCCCCCC(=O)OCC(COC(=O)CCCCCCC/C=C\CCCCCCCCC)OC(=O)CCCCCCC/C=C\C/C=C\CCCCCC. The first-order valence-corrected chi connectivity index (χ1v) is 33.7. The number of unbranched alkanes of at least 4 members (excludes halogenated alkanes) is 27. The van der Waals surface area contributed by atoms with E-state index in [1.165, 1.54) is 109 Å². The van der Waals surface area contributed by atoms with Gasteiger partial charge < -0.3 is 14.2 Å². The zero-order chi connectivity index (χ0) is 58.5.